The average molecular weight is 380 g/mol. The first-order valence-electron chi connectivity index (χ1n) is 9.69. The summed E-state index contributed by atoms with van der Waals surface area (Å²) in [4.78, 5) is 8.74. The van der Waals surface area contributed by atoms with E-state index >= 15 is 0 Å². The van der Waals surface area contributed by atoms with Gasteiger partial charge in [-0.25, -0.2) is 4.98 Å². The van der Waals surface area contributed by atoms with E-state index in [1.54, 1.807) is 14.2 Å². The molecule has 0 saturated carbocycles. The highest BCUT2D eigenvalue weighted by molar-refractivity contribution is 5.79. The van der Waals surface area contributed by atoms with Crippen LogP contribution in [0.2, 0.25) is 0 Å². The van der Waals surface area contributed by atoms with Crippen molar-refractivity contribution in [3.63, 3.8) is 0 Å². The molecule has 0 unspecified atom stereocenters. The zero-order chi connectivity index (χ0) is 19.8. The van der Waals surface area contributed by atoms with Crippen LogP contribution in [0.3, 0.4) is 0 Å². The molecule has 2 aromatic carbocycles. The Kier molecular flexibility index (Phi) is 6.89. The van der Waals surface area contributed by atoms with E-state index in [9.17, 15) is 0 Å². The molecule has 0 radical (unpaired) electrons. The van der Waals surface area contributed by atoms with Gasteiger partial charge in [0, 0.05) is 26.7 Å². The van der Waals surface area contributed by atoms with Gasteiger partial charge < -0.3 is 19.9 Å². The van der Waals surface area contributed by atoms with E-state index in [4.69, 9.17) is 4.74 Å². The zero-order valence-electron chi connectivity index (χ0n) is 16.9. The van der Waals surface area contributed by atoms with Crippen LogP contribution >= 0.6 is 0 Å². The Labute approximate surface area is 166 Å². The largest absolute Gasteiger partial charge is 0.496 e. The van der Waals surface area contributed by atoms with Crippen LogP contribution in [-0.2, 0) is 13.0 Å². The van der Waals surface area contributed by atoms with E-state index in [-0.39, 0.29) is 0 Å². The van der Waals surface area contributed by atoms with Gasteiger partial charge in [-0.2, -0.15) is 0 Å². The molecule has 0 aliphatic rings. The quantitative estimate of drug-likeness (QED) is 0.359. The molecule has 0 saturated heterocycles. The smallest absolute Gasteiger partial charge is 0.190 e. The van der Waals surface area contributed by atoms with Gasteiger partial charge in [0.15, 0.2) is 5.96 Å². The van der Waals surface area contributed by atoms with Crippen LogP contribution in [0.15, 0.2) is 53.8 Å². The van der Waals surface area contributed by atoms with E-state index in [1.807, 2.05) is 24.5 Å². The summed E-state index contributed by atoms with van der Waals surface area (Å²) in [5.41, 5.74) is 4.62. The topological polar surface area (TPSA) is 63.5 Å². The Morgan fingerprint density at radius 1 is 1.14 bits per heavy atom. The number of aliphatic imine (C=N–C) groups is 1. The Morgan fingerprint density at radius 3 is 2.79 bits per heavy atom. The lowest BCUT2D eigenvalue weighted by Gasteiger charge is -2.13. The summed E-state index contributed by atoms with van der Waals surface area (Å²) < 4.78 is 7.59. The number of ether oxygens (including phenoxy) is 1. The molecular formula is C22H29N5O. The lowest BCUT2D eigenvalue weighted by atomic mass is 10.1. The Bertz CT molecular complexity index is 932. The summed E-state index contributed by atoms with van der Waals surface area (Å²) in [6.07, 6.45) is 3.82. The first-order valence-corrected chi connectivity index (χ1v) is 9.69. The number of methoxy groups -OCH3 is 1. The molecule has 0 amide bonds. The molecule has 1 aromatic heterocycles. The monoisotopic (exact) mass is 379 g/mol. The third-order valence-electron chi connectivity index (χ3n) is 4.80. The number of fused-ring (bicyclic) bond motifs is 1. The van der Waals surface area contributed by atoms with Crippen molar-refractivity contribution in [2.24, 2.45) is 4.99 Å². The fourth-order valence-corrected chi connectivity index (χ4v) is 3.21. The minimum absolute atomic E-state index is 0.818. The maximum atomic E-state index is 5.39. The number of hydrogen-bond acceptors (Lipinski definition) is 3. The van der Waals surface area contributed by atoms with Gasteiger partial charge in [-0.1, -0.05) is 24.3 Å². The molecule has 2 N–H and O–H groups in total. The maximum absolute atomic E-state index is 5.39. The standard InChI is InChI=1S/C22H29N5O/c1-17-9-10-18(15-21(17)28-3)11-13-25-22(23-2)24-12-6-14-27-16-26-19-7-4-5-8-20(19)27/h4-5,7-10,15-16H,6,11-14H2,1-3H3,(H2,23,24,25). The molecule has 0 fully saturated rings. The number of guanidine groups is 1. The Balaban J connectivity index is 1.40. The van der Waals surface area contributed by atoms with Crippen LogP contribution in [0.25, 0.3) is 11.0 Å². The number of benzene rings is 2. The Hall–Kier alpha value is -3.02. The summed E-state index contributed by atoms with van der Waals surface area (Å²) in [7, 11) is 3.51. The molecule has 0 aliphatic carbocycles. The molecule has 28 heavy (non-hydrogen) atoms. The number of aryl methyl sites for hydroxylation is 2. The van der Waals surface area contributed by atoms with Crippen LogP contribution in [0.4, 0.5) is 0 Å². The maximum Gasteiger partial charge on any atom is 0.190 e. The molecule has 3 aromatic rings. The molecular weight excluding hydrogens is 350 g/mol. The first kappa shape index (κ1) is 19.7. The SMILES string of the molecule is CN=C(NCCCn1cnc2ccccc21)NCCc1ccc(C)c(OC)c1. The Morgan fingerprint density at radius 2 is 1.96 bits per heavy atom. The zero-order valence-corrected chi connectivity index (χ0v) is 16.9. The van der Waals surface area contributed by atoms with E-state index < -0.39 is 0 Å². The van der Waals surface area contributed by atoms with E-state index in [2.05, 4.69) is 56.4 Å². The van der Waals surface area contributed by atoms with Crippen molar-refractivity contribution in [2.45, 2.75) is 26.3 Å². The molecule has 0 bridgehead atoms. The molecule has 0 atom stereocenters. The number of rotatable bonds is 8. The normalized spacial score (nSPS) is 11.6. The van der Waals surface area contributed by atoms with E-state index in [0.29, 0.717) is 0 Å². The molecule has 0 aliphatic heterocycles. The molecule has 148 valence electrons. The molecule has 0 spiro atoms. The van der Waals surface area contributed by atoms with Gasteiger partial charge in [0.25, 0.3) is 0 Å². The van der Waals surface area contributed by atoms with Gasteiger partial charge in [0.1, 0.15) is 5.75 Å². The number of hydrogen-bond donors (Lipinski definition) is 2. The minimum Gasteiger partial charge on any atom is -0.496 e. The minimum atomic E-state index is 0.818. The molecule has 1 heterocycles. The lowest BCUT2D eigenvalue weighted by Crippen LogP contribution is -2.38. The van der Waals surface area contributed by atoms with Gasteiger partial charge in [-0.3, -0.25) is 4.99 Å². The molecule has 6 nitrogen and oxygen atoms in total. The highest BCUT2D eigenvalue weighted by Crippen LogP contribution is 2.19. The van der Waals surface area contributed by atoms with Gasteiger partial charge in [-0.05, 0) is 49.1 Å². The number of nitrogens with zero attached hydrogens (tertiary/aromatic N) is 3. The van der Waals surface area contributed by atoms with Crippen molar-refractivity contribution in [1.82, 2.24) is 20.2 Å². The van der Waals surface area contributed by atoms with Gasteiger partial charge >= 0.3 is 0 Å². The summed E-state index contributed by atoms with van der Waals surface area (Å²) in [5, 5.41) is 6.75. The average Bonchev–Trinajstić information content (AvgIpc) is 3.14. The molecule has 3 rings (SSSR count). The van der Waals surface area contributed by atoms with Crippen molar-refractivity contribution in [2.75, 3.05) is 27.2 Å². The lowest BCUT2D eigenvalue weighted by molar-refractivity contribution is 0.411. The third-order valence-corrected chi connectivity index (χ3v) is 4.80. The third kappa shape index (κ3) is 5.03. The number of aromatic nitrogens is 2. The molecule has 6 heteroatoms. The van der Waals surface area contributed by atoms with Gasteiger partial charge in [-0.15, -0.1) is 0 Å². The van der Waals surface area contributed by atoms with Crippen molar-refractivity contribution in [1.29, 1.82) is 0 Å². The number of para-hydroxylation sites is 2. The van der Waals surface area contributed by atoms with Gasteiger partial charge in [0.2, 0.25) is 0 Å². The van der Waals surface area contributed by atoms with Crippen molar-refractivity contribution in [3.05, 3.63) is 59.9 Å². The first-order chi connectivity index (χ1) is 13.7. The van der Waals surface area contributed by atoms with Crippen LogP contribution in [0, 0.1) is 6.92 Å². The second-order valence-corrected chi connectivity index (χ2v) is 6.76. The van der Waals surface area contributed by atoms with Gasteiger partial charge in [0.05, 0.1) is 24.5 Å². The predicted molar refractivity (Wildman–Crippen MR) is 115 cm³/mol. The van der Waals surface area contributed by atoms with Crippen molar-refractivity contribution >= 4 is 17.0 Å². The highest BCUT2D eigenvalue weighted by atomic mass is 16.5. The van der Waals surface area contributed by atoms with E-state index in [1.165, 1.54) is 11.1 Å². The highest BCUT2D eigenvalue weighted by Gasteiger charge is 2.03. The fraction of sp³-hybridized carbons (Fsp3) is 0.364. The number of imidazole rings is 1. The predicted octanol–water partition coefficient (Wildman–Crippen LogP) is 3.15. The summed E-state index contributed by atoms with van der Waals surface area (Å²) >= 11 is 0. The second kappa shape index (κ2) is 9.78. The second-order valence-electron chi connectivity index (χ2n) is 6.76. The van der Waals surface area contributed by atoms with Crippen LogP contribution in [-0.4, -0.2) is 42.8 Å². The summed E-state index contributed by atoms with van der Waals surface area (Å²) in [6.45, 7) is 4.65. The van der Waals surface area contributed by atoms with Crippen LogP contribution in [0.5, 0.6) is 5.75 Å². The van der Waals surface area contributed by atoms with Crippen molar-refractivity contribution < 1.29 is 4.74 Å². The van der Waals surface area contributed by atoms with Crippen LogP contribution in [0.1, 0.15) is 17.5 Å². The van der Waals surface area contributed by atoms with Crippen LogP contribution < -0.4 is 15.4 Å². The van der Waals surface area contributed by atoms with E-state index in [0.717, 1.165) is 55.3 Å². The van der Waals surface area contributed by atoms with Crippen molar-refractivity contribution in [3.8, 4) is 5.75 Å². The fourth-order valence-electron chi connectivity index (χ4n) is 3.21. The summed E-state index contributed by atoms with van der Waals surface area (Å²) in [6, 6.07) is 14.6. The summed E-state index contributed by atoms with van der Waals surface area (Å²) in [5.74, 6) is 1.77. The number of nitrogens with one attached hydrogen (secondary N) is 2.